The molecular weight excluding hydrogens is 220 g/mol. The van der Waals surface area contributed by atoms with Gasteiger partial charge in [-0.1, -0.05) is 13.3 Å². The van der Waals surface area contributed by atoms with Crippen LogP contribution in [-0.2, 0) is 4.74 Å². The predicted molar refractivity (Wildman–Crippen MR) is 56.6 cm³/mol. The molecule has 0 bridgehead atoms. The van der Waals surface area contributed by atoms with Gasteiger partial charge in [-0.3, -0.25) is 0 Å². The highest BCUT2D eigenvalue weighted by Gasteiger charge is 2.16. The van der Waals surface area contributed by atoms with Crippen LogP contribution in [0.2, 0.25) is 0 Å². The average Bonchev–Trinajstić information content (AvgIpc) is 2.24. The maximum absolute atomic E-state index is 11.9. The smallest absolute Gasteiger partial charge is 0.265 e. The van der Waals surface area contributed by atoms with Gasteiger partial charge in [0.15, 0.2) is 0 Å². The summed E-state index contributed by atoms with van der Waals surface area (Å²) in [6.07, 6.45) is -3.22. The first-order valence-electron chi connectivity index (χ1n) is 5.50. The van der Waals surface area contributed by atoms with Gasteiger partial charge in [0.2, 0.25) is 0 Å². The van der Waals surface area contributed by atoms with E-state index in [1.807, 2.05) is 6.92 Å². The molecule has 0 aromatic heterocycles. The van der Waals surface area contributed by atoms with E-state index in [1.54, 1.807) is 0 Å². The lowest BCUT2D eigenvalue weighted by Crippen LogP contribution is -2.37. The Hall–Kier alpha value is -0.300. The molecule has 98 valence electrons. The second-order valence-corrected chi connectivity index (χ2v) is 3.64. The Balaban J connectivity index is 3.33. The maximum Gasteiger partial charge on any atom is 0.265 e. The highest BCUT2D eigenvalue weighted by atomic mass is 19.3. The molecule has 2 unspecified atom stereocenters. The number of hydrogen-bond acceptors (Lipinski definition) is 4. The van der Waals surface area contributed by atoms with E-state index in [4.69, 9.17) is 9.84 Å². The molecule has 0 aromatic carbocycles. The van der Waals surface area contributed by atoms with Crippen molar-refractivity contribution in [3.63, 3.8) is 0 Å². The molecule has 0 aliphatic heterocycles. The first-order chi connectivity index (χ1) is 7.57. The predicted octanol–water partition coefficient (Wildman–Crippen LogP) is 0.380. The summed E-state index contributed by atoms with van der Waals surface area (Å²) in [5.41, 5.74) is 0. The zero-order chi connectivity index (χ0) is 12.4. The molecule has 16 heavy (non-hydrogen) atoms. The highest BCUT2D eigenvalue weighted by Crippen LogP contribution is 1.98. The highest BCUT2D eigenvalue weighted by molar-refractivity contribution is 4.64. The lowest BCUT2D eigenvalue weighted by atomic mass is 10.3. The minimum atomic E-state index is -2.76. The molecule has 3 N–H and O–H groups in total. The lowest BCUT2D eigenvalue weighted by molar-refractivity contribution is -0.00750. The van der Waals surface area contributed by atoms with Gasteiger partial charge in [0.25, 0.3) is 6.43 Å². The van der Waals surface area contributed by atoms with Crippen LogP contribution in [0.15, 0.2) is 0 Å². The van der Waals surface area contributed by atoms with Gasteiger partial charge < -0.3 is 20.3 Å². The minimum Gasteiger partial charge on any atom is -0.389 e. The van der Waals surface area contributed by atoms with E-state index in [9.17, 15) is 13.9 Å². The van der Waals surface area contributed by atoms with Crippen molar-refractivity contribution in [2.24, 2.45) is 0 Å². The molecule has 0 heterocycles. The standard InChI is InChI=1S/C10H21F2NO3/c1-2-3-4-16-7-8(14)5-13-6-9(15)10(11)12/h8-10,13-15H,2-7H2,1H3. The molecule has 0 fully saturated rings. The Morgan fingerprint density at radius 3 is 2.50 bits per heavy atom. The lowest BCUT2D eigenvalue weighted by Gasteiger charge is -2.14. The third-order valence-electron chi connectivity index (χ3n) is 1.98. The van der Waals surface area contributed by atoms with E-state index in [-0.39, 0.29) is 19.7 Å². The van der Waals surface area contributed by atoms with E-state index < -0.39 is 18.6 Å². The van der Waals surface area contributed by atoms with E-state index in [2.05, 4.69) is 5.32 Å². The summed E-state index contributed by atoms with van der Waals surface area (Å²) >= 11 is 0. The number of ether oxygens (including phenoxy) is 1. The van der Waals surface area contributed by atoms with Crippen molar-refractivity contribution in [1.29, 1.82) is 0 Å². The topological polar surface area (TPSA) is 61.7 Å². The fourth-order valence-corrected chi connectivity index (χ4v) is 1.01. The quantitative estimate of drug-likeness (QED) is 0.484. The van der Waals surface area contributed by atoms with Crippen molar-refractivity contribution in [2.75, 3.05) is 26.3 Å². The van der Waals surface area contributed by atoms with Crippen molar-refractivity contribution in [3.05, 3.63) is 0 Å². The Morgan fingerprint density at radius 2 is 1.94 bits per heavy atom. The van der Waals surface area contributed by atoms with E-state index in [0.717, 1.165) is 12.8 Å². The molecule has 0 aliphatic rings. The largest absolute Gasteiger partial charge is 0.389 e. The fourth-order valence-electron chi connectivity index (χ4n) is 1.01. The van der Waals surface area contributed by atoms with Gasteiger partial charge in [-0.2, -0.15) is 0 Å². The van der Waals surface area contributed by atoms with Crippen LogP contribution >= 0.6 is 0 Å². The van der Waals surface area contributed by atoms with Gasteiger partial charge in [-0.15, -0.1) is 0 Å². The van der Waals surface area contributed by atoms with Crippen molar-refractivity contribution in [2.45, 2.75) is 38.4 Å². The number of aliphatic hydroxyl groups excluding tert-OH is 2. The second kappa shape index (κ2) is 9.89. The van der Waals surface area contributed by atoms with Crippen molar-refractivity contribution >= 4 is 0 Å². The van der Waals surface area contributed by atoms with Crippen LogP contribution in [0, 0.1) is 0 Å². The summed E-state index contributed by atoms with van der Waals surface area (Å²) in [6.45, 7) is 2.71. The molecule has 0 saturated heterocycles. The maximum atomic E-state index is 11.9. The number of halogens is 2. The van der Waals surface area contributed by atoms with E-state index >= 15 is 0 Å². The van der Waals surface area contributed by atoms with Gasteiger partial charge >= 0.3 is 0 Å². The zero-order valence-corrected chi connectivity index (χ0v) is 9.53. The fraction of sp³-hybridized carbons (Fsp3) is 1.00. The van der Waals surface area contributed by atoms with Gasteiger partial charge in [0.1, 0.15) is 6.10 Å². The molecule has 0 spiro atoms. The molecule has 0 rings (SSSR count). The summed E-state index contributed by atoms with van der Waals surface area (Å²) in [5, 5.41) is 20.7. The molecule has 4 nitrogen and oxygen atoms in total. The third-order valence-corrected chi connectivity index (χ3v) is 1.98. The monoisotopic (exact) mass is 241 g/mol. The molecule has 0 saturated carbocycles. The van der Waals surface area contributed by atoms with Crippen LogP contribution in [0.5, 0.6) is 0 Å². The van der Waals surface area contributed by atoms with Gasteiger partial charge in [-0.25, -0.2) is 8.78 Å². The molecule has 0 aromatic rings. The number of aliphatic hydroxyl groups is 2. The molecule has 0 radical (unpaired) electrons. The zero-order valence-electron chi connectivity index (χ0n) is 9.53. The van der Waals surface area contributed by atoms with Gasteiger partial charge in [-0.05, 0) is 6.42 Å². The molecule has 0 aliphatic carbocycles. The summed E-state index contributed by atoms with van der Waals surface area (Å²) in [4.78, 5) is 0. The van der Waals surface area contributed by atoms with Crippen LogP contribution < -0.4 is 5.32 Å². The first kappa shape index (κ1) is 15.7. The Morgan fingerprint density at radius 1 is 1.25 bits per heavy atom. The van der Waals surface area contributed by atoms with Gasteiger partial charge in [0, 0.05) is 19.7 Å². The van der Waals surface area contributed by atoms with Crippen molar-refractivity contribution in [3.8, 4) is 0 Å². The van der Waals surface area contributed by atoms with Crippen molar-refractivity contribution < 1.29 is 23.7 Å². The summed E-state index contributed by atoms with van der Waals surface area (Å²) in [6, 6.07) is 0. The van der Waals surface area contributed by atoms with E-state index in [0.29, 0.717) is 6.61 Å². The van der Waals surface area contributed by atoms with Gasteiger partial charge in [0.05, 0.1) is 12.7 Å². The third kappa shape index (κ3) is 8.96. The second-order valence-electron chi connectivity index (χ2n) is 3.64. The normalized spacial score (nSPS) is 15.4. The van der Waals surface area contributed by atoms with Crippen LogP contribution in [0.1, 0.15) is 19.8 Å². The van der Waals surface area contributed by atoms with Crippen LogP contribution in [0.25, 0.3) is 0 Å². The number of rotatable bonds is 10. The molecule has 0 amide bonds. The molecule has 6 heteroatoms. The minimum absolute atomic E-state index is 0.135. The summed E-state index contributed by atoms with van der Waals surface area (Å²) in [7, 11) is 0. The molecule has 2 atom stereocenters. The van der Waals surface area contributed by atoms with E-state index in [1.165, 1.54) is 0 Å². The Bertz CT molecular complexity index is 161. The molecular formula is C10H21F2NO3. The average molecular weight is 241 g/mol. The number of unbranched alkanes of at least 4 members (excludes halogenated alkanes) is 1. The van der Waals surface area contributed by atoms with Crippen molar-refractivity contribution in [1.82, 2.24) is 5.32 Å². The number of nitrogens with one attached hydrogen (secondary N) is 1. The van der Waals surface area contributed by atoms with Crippen LogP contribution in [0.3, 0.4) is 0 Å². The summed E-state index contributed by atoms with van der Waals surface area (Å²) < 4.78 is 28.9. The Kier molecular flexibility index (Phi) is 9.71. The van der Waals surface area contributed by atoms with Crippen LogP contribution in [0.4, 0.5) is 8.78 Å². The first-order valence-corrected chi connectivity index (χ1v) is 5.50. The number of alkyl halides is 2. The number of hydrogen-bond donors (Lipinski definition) is 3. The summed E-state index contributed by atoms with van der Waals surface area (Å²) in [5.74, 6) is 0. The Labute approximate surface area is 94.6 Å². The SMILES string of the molecule is CCCCOCC(O)CNCC(O)C(F)F. The van der Waals surface area contributed by atoms with Crippen LogP contribution in [-0.4, -0.2) is 55.1 Å².